The zero-order valence-corrected chi connectivity index (χ0v) is 10.8. The first-order valence-corrected chi connectivity index (χ1v) is 6.18. The van der Waals surface area contributed by atoms with E-state index in [0.29, 0.717) is 0 Å². The summed E-state index contributed by atoms with van der Waals surface area (Å²) in [7, 11) is 0. The predicted octanol–water partition coefficient (Wildman–Crippen LogP) is 1.79. The topological polar surface area (TPSA) is 75.6 Å². The number of allylic oxidation sites excluding steroid dienone is 1. The Morgan fingerprint density at radius 2 is 1.89 bits per heavy atom. The van der Waals surface area contributed by atoms with E-state index in [0.717, 1.165) is 6.42 Å². The van der Waals surface area contributed by atoms with Gasteiger partial charge >= 0.3 is 12.1 Å². The van der Waals surface area contributed by atoms with E-state index in [1.54, 1.807) is 20.8 Å². The average Bonchev–Trinajstić information content (AvgIpc) is 2.73. The number of nitrogens with one attached hydrogen (secondary N) is 1. The molecule has 2 bridgehead atoms. The molecule has 1 amide bonds. The molecule has 0 spiro atoms. The normalized spacial score (nSPS) is 33.5. The van der Waals surface area contributed by atoms with Gasteiger partial charge in [0, 0.05) is 0 Å². The zero-order valence-electron chi connectivity index (χ0n) is 10.8. The number of carbonyl (C=O) groups is 2. The number of hydrogen-bond donors (Lipinski definition) is 2. The van der Waals surface area contributed by atoms with Crippen molar-refractivity contribution < 1.29 is 19.4 Å². The Hall–Kier alpha value is -1.52. The second-order valence-corrected chi connectivity index (χ2v) is 5.98. The van der Waals surface area contributed by atoms with Crippen LogP contribution in [0.1, 0.15) is 27.2 Å². The van der Waals surface area contributed by atoms with Crippen LogP contribution in [-0.4, -0.2) is 28.8 Å². The molecule has 1 fully saturated rings. The van der Waals surface area contributed by atoms with Crippen LogP contribution in [-0.2, 0) is 9.53 Å². The van der Waals surface area contributed by atoms with Gasteiger partial charge in [0.25, 0.3) is 0 Å². The predicted molar refractivity (Wildman–Crippen MR) is 65.0 cm³/mol. The van der Waals surface area contributed by atoms with Crippen molar-refractivity contribution in [3.63, 3.8) is 0 Å². The number of ether oxygens (including phenoxy) is 1. The summed E-state index contributed by atoms with van der Waals surface area (Å²) in [6, 6.07) is -0.354. The minimum atomic E-state index is -0.854. The summed E-state index contributed by atoms with van der Waals surface area (Å²) in [5.41, 5.74) is -0.573. The van der Waals surface area contributed by atoms with Gasteiger partial charge in [-0.15, -0.1) is 0 Å². The summed E-state index contributed by atoms with van der Waals surface area (Å²) in [5, 5.41) is 11.9. The molecule has 5 heteroatoms. The lowest BCUT2D eigenvalue weighted by molar-refractivity contribution is -0.143. The molecule has 0 aliphatic heterocycles. The van der Waals surface area contributed by atoms with Crippen molar-refractivity contribution >= 4 is 12.1 Å². The summed E-state index contributed by atoms with van der Waals surface area (Å²) in [6.07, 6.45) is 4.19. The lowest BCUT2D eigenvalue weighted by atomic mass is 9.89. The van der Waals surface area contributed by atoms with E-state index < -0.39 is 23.6 Å². The molecule has 0 aromatic heterocycles. The maximum atomic E-state index is 11.7. The van der Waals surface area contributed by atoms with Gasteiger partial charge in [-0.1, -0.05) is 12.2 Å². The van der Waals surface area contributed by atoms with Gasteiger partial charge < -0.3 is 15.2 Å². The summed E-state index contributed by atoms with van der Waals surface area (Å²) in [5.74, 6) is -1.24. The Morgan fingerprint density at radius 1 is 1.28 bits per heavy atom. The number of hydrogen-bond acceptors (Lipinski definition) is 3. The van der Waals surface area contributed by atoms with Gasteiger partial charge in [-0.25, -0.2) is 4.79 Å². The molecule has 0 aromatic carbocycles. The molecule has 0 heterocycles. The number of amides is 1. The minimum Gasteiger partial charge on any atom is -0.481 e. The van der Waals surface area contributed by atoms with Crippen LogP contribution in [0.4, 0.5) is 4.79 Å². The number of aliphatic carboxylic acids is 1. The number of rotatable bonds is 2. The number of carboxylic acid groups (broad SMARTS) is 1. The molecular formula is C13H19NO4. The number of fused-ring (bicyclic) bond motifs is 2. The molecule has 4 atom stereocenters. The van der Waals surface area contributed by atoms with Crippen LogP contribution < -0.4 is 5.32 Å². The van der Waals surface area contributed by atoms with Gasteiger partial charge in [0.1, 0.15) is 5.60 Å². The highest BCUT2D eigenvalue weighted by molar-refractivity contribution is 5.75. The van der Waals surface area contributed by atoms with E-state index >= 15 is 0 Å². The molecule has 0 aromatic rings. The first-order valence-electron chi connectivity index (χ1n) is 6.18. The van der Waals surface area contributed by atoms with E-state index in [1.165, 1.54) is 0 Å². The first kappa shape index (κ1) is 12.9. The summed E-state index contributed by atoms with van der Waals surface area (Å²) in [4.78, 5) is 23.0. The quantitative estimate of drug-likeness (QED) is 0.736. The largest absolute Gasteiger partial charge is 0.481 e. The fourth-order valence-corrected chi connectivity index (χ4v) is 2.80. The molecule has 2 aliphatic rings. The van der Waals surface area contributed by atoms with Gasteiger partial charge in [0.15, 0.2) is 0 Å². The van der Waals surface area contributed by atoms with Gasteiger partial charge in [-0.05, 0) is 39.0 Å². The van der Waals surface area contributed by atoms with Crippen molar-refractivity contribution in [1.29, 1.82) is 0 Å². The Morgan fingerprint density at radius 3 is 2.44 bits per heavy atom. The van der Waals surface area contributed by atoms with Crippen molar-refractivity contribution in [2.75, 3.05) is 0 Å². The standard InChI is InChI=1S/C13H19NO4/c1-13(2,3)18-12(17)14-10-8-5-4-7(6-8)9(10)11(15)16/h4-5,7-10H,6H2,1-3H3,(H,14,17)(H,15,16)/t7-,8+,9+,10-/m0/s1. The Bertz CT molecular complexity index is 396. The van der Waals surface area contributed by atoms with Crippen molar-refractivity contribution in [1.82, 2.24) is 5.32 Å². The van der Waals surface area contributed by atoms with Crippen LogP contribution in [0.5, 0.6) is 0 Å². The van der Waals surface area contributed by atoms with Gasteiger partial charge in [-0.3, -0.25) is 4.79 Å². The summed E-state index contributed by atoms with van der Waals surface area (Å²) >= 11 is 0. The molecule has 2 N–H and O–H groups in total. The van der Waals surface area contributed by atoms with E-state index in [9.17, 15) is 14.7 Å². The molecule has 5 nitrogen and oxygen atoms in total. The molecule has 100 valence electrons. The van der Waals surface area contributed by atoms with Crippen LogP contribution in [0.3, 0.4) is 0 Å². The molecule has 1 saturated carbocycles. The van der Waals surface area contributed by atoms with Crippen LogP contribution >= 0.6 is 0 Å². The van der Waals surface area contributed by atoms with Gasteiger partial charge in [0.2, 0.25) is 0 Å². The van der Waals surface area contributed by atoms with Gasteiger partial charge in [-0.2, -0.15) is 0 Å². The summed E-state index contributed by atoms with van der Waals surface area (Å²) in [6.45, 7) is 5.34. The molecule has 18 heavy (non-hydrogen) atoms. The highest BCUT2D eigenvalue weighted by atomic mass is 16.6. The Kier molecular flexibility index (Phi) is 3.09. The second-order valence-electron chi connectivity index (χ2n) is 5.98. The van der Waals surface area contributed by atoms with Crippen LogP contribution in [0.15, 0.2) is 12.2 Å². The Balaban J connectivity index is 2.02. The maximum absolute atomic E-state index is 11.7. The van der Waals surface area contributed by atoms with E-state index in [4.69, 9.17) is 4.74 Å². The van der Waals surface area contributed by atoms with E-state index in [-0.39, 0.29) is 17.9 Å². The third kappa shape index (κ3) is 2.49. The molecule has 0 radical (unpaired) electrons. The van der Waals surface area contributed by atoms with Crippen molar-refractivity contribution in [3.8, 4) is 0 Å². The molecule has 2 rings (SSSR count). The Labute approximate surface area is 106 Å². The van der Waals surface area contributed by atoms with Crippen LogP contribution in [0, 0.1) is 17.8 Å². The summed E-state index contributed by atoms with van der Waals surface area (Å²) < 4.78 is 5.17. The molecule has 2 aliphatic carbocycles. The average molecular weight is 253 g/mol. The maximum Gasteiger partial charge on any atom is 0.407 e. The fourth-order valence-electron chi connectivity index (χ4n) is 2.80. The SMILES string of the molecule is CC(C)(C)OC(=O)N[C@@H]1[C@H](C(=O)O)[C@H]2C=C[C@@H]1C2. The third-order valence-electron chi connectivity index (χ3n) is 3.43. The number of carbonyl (C=O) groups excluding carboxylic acids is 1. The van der Waals surface area contributed by atoms with Crippen molar-refractivity contribution in [2.45, 2.75) is 38.8 Å². The molecule has 0 unspecified atom stereocenters. The zero-order chi connectivity index (χ0) is 13.5. The monoisotopic (exact) mass is 253 g/mol. The third-order valence-corrected chi connectivity index (χ3v) is 3.43. The highest BCUT2D eigenvalue weighted by Gasteiger charge is 2.49. The van der Waals surface area contributed by atoms with Crippen molar-refractivity contribution in [3.05, 3.63) is 12.2 Å². The first-order chi connectivity index (χ1) is 8.28. The molecular weight excluding hydrogens is 234 g/mol. The lowest BCUT2D eigenvalue weighted by Gasteiger charge is -2.27. The van der Waals surface area contributed by atoms with Gasteiger partial charge in [0.05, 0.1) is 12.0 Å². The molecule has 0 saturated heterocycles. The second kappa shape index (κ2) is 4.30. The van der Waals surface area contributed by atoms with Crippen LogP contribution in [0.25, 0.3) is 0 Å². The minimum absolute atomic E-state index is 0.0347. The van der Waals surface area contributed by atoms with E-state index in [1.807, 2.05) is 12.2 Å². The smallest absolute Gasteiger partial charge is 0.407 e. The van der Waals surface area contributed by atoms with Crippen molar-refractivity contribution in [2.24, 2.45) is 17.8 Å². The fraction of sp³-hybridized carbons (Fsp3) is 0.692. The van der Waals surface area contributed by atoms with Crippen LogP contribution in [0.2, 0.25) is 0 Å². The number of alkyl carbamates (subject to hydrolysis) is 1. The van der Waals surface area contributed by atoms with E-state index in [2.05, 4.69) is 5.32 Å². The highest BCUT2D eigenvalue weighted by Crippen LogP contribution is 2.43. The number of carboxylic acids is 1. The lowest BCUT2D eigenvalue weighted by Crippen LogP contribution is -2.47.